The molecular formula is C37H65NO29. The van der Waals surface area contributed by atoms with Gasteiger partial charge in [0.15, 0.2) is 37.7 Å². The number of aliphatic hydroxyl groups excluding tert-OH is 17. The summed E-state index contributed by atoms with van der Waals surface area (Å²) in [7, 11) is 0. The van der Waals surface area contributed by atoms with Crippen molar-refractivity contribution in [3.8, 4) is 0 Å². The van der Waals surface area contributed by atoms with E-state index in [1.54, 1.807) is 0 Å². The van der Waals surface area contributed by atoms with Gasteiger partial charge in [-0.25, -0.2) is 0 Å². The maximum Gasteiger partial charge on any atom is 0.187 e. The van der Waals surface area contributed by atoms with Crippen molar-refractivity contribution in [2.24, 2.45) is 5.73 Å². The minimum absolute atomic E-state index is 0.00923. The molecule has 6 fully saturated rings. The van der Waals surface area contributed by atoms with Crippen molar-refractivity contribution in [2.75, 3.05) is 52.8 Å². The Labute approximate surface area is 380 Å². The molecule has 28 atom stereocenters. The smallest absolute Gasteiger partial charge is 0.187 e. The predicted molar refractivity (Wildman–Crippen MR) is 205 cm³/mol. The highest BCUT2D eigenvalue weighted by Crippen LogP contribution is 2.34. The van der Waals surface area contributed by atoms with Crippen LogP contribution in [0.5, 0.6) is 0 Å². The Morgan fingerprint density at radius 3 is 0.970 bits per heavy atom. The molecule has 0 aromatic rings. The summed E-state index contributed by atoms with van der Waals surface area (Å²) >= 11 is 0. The van der Waals surface area contributed by atoms with E-state index >= 15 is 0 Å². The maximum atomic E-state index is 11.4. The highest BCUT2D eigenvalue weighted by Gasteiger charge is 2.55. The van der Waals surface area contributed by atoms with E-state index in [1.807, 2.05) is 0 Å². The van der Waals surface area contributed by atoms with E-state index in [-0.39, 0.29) is 13.2 Å². The van der Waals surface area contributed by atoms with Gasteiger partial charge in [-0.15, -0.1) is 0 Å². The fourth-order valence-corrected chi connectivity index (χ4v) is 8.19. The van der Waals surface area contributed by atoms with Gasteiger partial charge in [0.1, 0.15) is 134 Å². The van der Waals surface area contributed by atoms with Crippen LogP contribution in [0.1, 0.15) is 6.42 Å². The third-order valence-corrected chi connectivity index (χ3v) is 12.3. The lowest BCUT2D eigenvalue weighted by Crippen LogP contribution is -2.64. The zero-order valence-electron chi connectivity index (χ0n) is 35.6. The van der Waals surface area contributed by atoms with Gasteiger partial charge in [-0.05, 0) is 13.0 Å². The first kappa shape index (κ1) is 55.1. The van der Waals surface area contributed by atoms with Crippen LogP contribution in [0.15, 0.2) is 0 Å². The second-order valence-electron chi connectivity index (χ2n) is 16.9. The Bertz CT molecular complexity index is 1480. The monoisotopic (exact) mass is 987 g/mol. The van der Waals surface area contributed by atoms with Gasteiger partial charge in [-0.3, -0.25) is 0 Å². The van der Waals surface area contributed by atoms with E-state index in [9.17, 15) is 86.8 Å². The zero-order valence-corrected chi connectivity index (χ0v) is 35.6. The van der Waals surface area contributed by atoms with E-state index in [4.69, 9.17) is 62.6 Å². The molecule has 0 radical (unpaired) electrons. The topological polar surface area (TPSA) is 481 Å². The van der Waals surface area contributed by atoms with Crippen molar-refractivity contribution in [1.29, 1.82) is 0 Å². The molecule has 6 saturated heterocycles. The Kier molecular flexibility index (Phi) is 20.1. The third kappa shape index (κ3) is 12.2. The quantitative estimate of drug-likeness (QED) is 0.0504. The molecular weight excluding hydrogens is 922 g/mol. The molecule has 30 heteroatoms. The molecule has 30 nitrogen and oxygen atoms in total. The number of ether oxygens (including phenoxy) is 12. The van der Waals surface area contributed by atoms with Gasteiger partial charge in [0.25, 0.3) is 0 Å². The zero-order chi connectivity index (χ0) is 49.0. The summed E-state index contributed by atoms with van der Waals surface area (Å²) in [4.78, 5) is 0. The van der Waals surface area contributed by atoms with Crippen LogP contribution in [-0.2, 0) is 56.8 Å². The summed E-state index contributed by atoms with van der Waals surface area (Å²) in [6.07, 6.45) is -48.0. The lowest BCUT2D eigenvalue weighted by molar-refractivity contribution is -0.359. The minimum Gasteiger partial charge on any atom is -0.394 e. The second-order valence-corrected chi connectivity index (χ2v) is 16.9. The fourth-order valence-electron chi connectivity index (χ4n) is 8.19. The highest BCUT2D eigenvalue weighted by molar-refractivity contribution is 4.97. The molecule has 6 aliphatic rings. The second kappa shape index (κ2) is 24.5. The maximum absolute atomic E-state index is 11.4. The van der Waals surface area contributed by atoms with Crippen LogP contribution in [0.4, 0.5) is 0 Å². The Morgan fingerprint density at radius 1 is 0.313 bits per heavy atom. The van der Waals surface area contributed by atoms with Gasteiger partial charge in [0.2, 0.25) is 0 Å². The van der Waals surface area contributed by atoms with Crippen molar-refractivity contribution in [1.82, 2.24) is 0 Å². The largest absolute Gasteiger partial charge is 0.394 e. The normalized spacial score (nSPS) is 50.8. The number of nitrogens with two attached hydrogens (primary N) is 1. The number of hydrogen-bond acceptors (Lipinski definition) is 30. The summed E-state index contributed by atoms with van der Waals surface area (Å²) < 4.78 is 66.9. The number of hydrogen-bond donors (Lipinski definition) is 18. The van der Waals surface area contributed by atoms with E-state index in [0.717, 1.165) is 0 Å². The summed E-state index contributed by atoms with van der Waals surface area (Å²) in [6, 6.07) is 0. The molecule has 392 valence electrons. The summed E-state index contributed by atoms with van der Waals surface area (Å²) in [6.45, 7) is -4.36. The lowest BCUT2D eigenvalue weighted by atomic mass is 9.97. The fraction of sp³-hybridized carbons (Fsp3) is 1.00. The predicted octanol–water partition coefficient (Wildman–Crippen LogP) is -12.4. The van der Waals surface area contributed by atoms with Crippen molar-refractivity contribution in [2.45, 2.75) is 178 Å². The van der Waals surface area contributed by atoms with Crippen molar-refractivity contribution in [3.63, 3.8) is 0 Å². The van der Waals surface area contributed by atoms with Crippen LogP contribution >= 0.6 is 0 Å². The molecule has 6 heterocycles. The van der Waals surface area contributed by atoms with E-state index in [0.29, 0.717) is 6.42 Å². The molecule has 0 amide bonds. The summed E-state index contributed by atoms with van der Waals surface area (Å²) in [5.74, 6) is 0. The first-order valence-electron chi connectivity index (χ1n) is 21.6. The van der Waals surface area contributed by atoms with Gasteiger partial charge in [0, 0.05) is 0 Å². The molecule has 0 aliphatic carbocycles. The number of rotatable bonds is 20. The summed E-state index contributed by atoms with van der Waals surface area (Å²) in [5.41, 5.74) is 5.48. The van der Waals surface area contributed by atoms with E-state index in [1.165, 1.54) is 0 Å². The molecule has 0 aromatic heterocycles. The molecule has 0 bridgehead atoms. The first-order chi connectivity index (χ1) is 31.9. The highest BCUT2D eigenvalue weighted by atomic mass is 16.8. The molecule has 0 spiro atoms. The Morgan fingerprint density at radius 2 is 0.597 bits per heavy atom. The van der Waals surface area contributed by atoms with Crippen LogP contribution in [0.3, 0.4) is 0 Å². The Balaban J connectivity index is 1.12. The third-order valence-electron chi connectivity index (χ3n) is 12.3. The van der Waals surface area contributed by atoms with Crippen molar-refractivity contribution in [3.05, 3.63) is 0 Å². The molecule has 0 saturated carbocycles. The molecule has 67 heavy (non-hydrogen) atoms. The van der Waals surface area contributed by atoms with E-state index < -0.39 is 212 Å². The van der Waals surface area contributed by atoms with Crippen LogP contribution in [-0.4, -0.2) is 312 Å². The van der Waals surface area contributed by atoms with Crippen molar-refractivity contribution >= 4 is 0 Å². The SMILES string of the molecule is NCCCO[C@@H]1O[C@H](CO[C@@H]2O[C@H](CO[C@@H]3O[C@H](CO[C@@H]4O[C@H](CO)[C@H](O)[C@H](O[C@@H]5O[C@@H](CO)[C@H](O)[C@H]5O)[C@H]4O)[C@H](O)[C@H](O)[C@H]3O)[C@H](O)[C@H](O[C@@H]3O[C@@H](CO)[C@H](O)[C@H]3O)[C@H]2O)[C@H](O)[C@H](O)[C@H]1O. The van der Waals surface area contributed by atoms with Crippen LogP contribution in [0, 0.1) is 0 Å². The van der Waals surface area contributed by atoms with E-state index in [2.05, 4.69) is 0 Å². The average Bonchev–Trinajstić information content (AvgIpc) is 3.75. The number of aliphatic hydroxyl groups is 17. The van der Waals surface area contributed by atoms with Crippen LogP contribution in [0.2, 0.25) is 0 Å². The lowest BCUT2D eigenvalue weighted by Gasteiger charge is -2.45. The standard InChI is InChI=1S/C37H65NO29/c38-2-1-3-56-32-26(52)22(48)18(44)13(63-32)7-59-35-29(55)31(67-37-25(51)17(43)11(5-40)62-37)21(47)15(65-35)9-57-33-27(53)23(49)19(45)14(64-33)8-58-34-28(54)30(20(46)12(6-41)60-34)66-36-24(50)16(42)10(4-39)61-36/h10-37,39-55H,1-9,38H2/t10-,11-,12+,13+,14+,15+,16-,17-,18-,19-,20-,21-,22-,23-,24+,25+,26+,27+,28+,29+,30-,31-,32+,33+,34+,35+,36-,37-/m0/s1. The average molecular weight is 988 g/mol. The molecule has 6 aliphatic heterocycles. The molecule has 0 unspecified atom stereocenters. The van der Waals surface area contributed by atoms with Gasteiger partial charge in [0.05, 0.1) is 46.2 Å². The summed E-state index contributed by atoms with van der Waals surface area (Å²) in [5, 5.41) is 179. The van der Waals surface area contributed by atoms with Gasteiger partial charge in [-0.2, -0.15) is 0 Å². The van der Waals surface area contributed by atoms with Gasteiger partial charge in [-0.1, -0.05) is 0 Å². The van der Waals surface area contributed by atoms with Gasteiger partial charge >= 0.3 is 0 Å². The Hall–Kier alpha value is -1.20. The van der Waals surface area contributed by atoms with Gasteiger partial charge < -0.3 is 149 Å². The molecule has 6 rings (SSSR count). The van der Waals surface area contributed by atoms with Crippen LogP contribution < -0.4 is 5.73 Å². The molecule has 19 N–H and O–H groups in total. The van der Waals surface area contributed by atoms with Crippen LogP contribution in [0.25, 0.3) is 0 Å². The minimum atomic E-state index is -2.02. The molecule has 0 aromatic carbocycles. The first-order valence-corrected chi connectivity index (χ1v) is 21.6. The van der Waals surface area contributed by atoms with Crippen molar-refractivity contribution < 1.29 is 144 Å².